The Balaban J connectivity index is 2.03. The van der Waals surface area contributed by atoms with Crippen molar-refractivity contribution in [2.75, 3.05) is 0 Å². The third-order valence-corrected chi connectivity index (χ3v) is 4.43. The fraction of sp³-hybridized carbons (Fsp3) is 0.583. The lowest BCUT2D eigenvalue weighted by Crippen LogP contribution is -2.40. The predicted octanol–water partition coefficient (Wildman–Crippen LogP) is 0.250. The van der Waals surface area contributed by atoms with Crippen molar-refractivity contribution in [2.45, 2.75) is 12.5 Å². The van der Waals surface area contributed by atoms with E-state index in [1.165, 1.54) is 6.08 Å². The maximum atomic E-state index is 11.8. The van der Waals surface area contributed by atoms with Crippen molar-refractivity contribution in [1.29, 1.82) is 0 Å². The van der Waals surface area contributed by atoms with Crippen LogP contribution in [0.5, 0.6) is 0 Å². The Hall–Kier alpha value is -1.65. The van der Waals surface area contributed by atoms with Crippen LogP contribution in [-0.2, 0) is 19.1 Å². The molecule has 2 bridgehead atoms. The van der Waals surface area contributed by atoms with Crippen LogP contribution in [0.15, 0.2) is 12.7 Å². The van der Waals surface area contributed by atoms with Crippen molar-refractivity contribution in [3.8, 4) is 0 Å². The molecule has 2 saturated carbocycles. The van der Waals surface area contributed by atoms with Crippen LogP contribution >= 0.6 is 0 Å². The SMILES string of the molecule is C=CC(=O)C1C2CC3C1OC(=O)C3C2C(=O)O. The van der Waals surface area contributed by atoms with Crippen LogP contribution in [0.1, 0.15) is 6.42 Å². The van der Waals surface area contributed by atoms with Gasteiger partial charge in [0.25, 0.3) is 0 Å². The number of rotatable bonds is 3. The molecule has 3 aliphatic rings. The van der Waals surface area contributed by atoms with Gasteiger partial charge in [0.15, 0.2) is 5.78 Å². The topological polar surface area (TPSA) is 80.7 Å². The molecule has 6 unspecified atom stereocenters. The van der Waals surface area contributed by atoms with Crippen molar-refractivity contribution in [3.05, 3.63) is 12.7 Å². The first-order chi connectivity index (χ1) is 8.06. The molecule has 5 heteroatoms. The monoisotopic (exact) mass is 236 g/mol. The largest absolute Gasteiger partial charge is 0.481 e. The van der Waals surface area contributed by atoms with Crippen molar-refractivity contribution >= 4 is 17.7 Å². The fourth-order valence-electron chi connectivity index (χ4n) is 3.90. The van der Waals surface area contributed by atoms with Gasteiger partial charge >= 0.3 is 11.9 Å². The number of hydrogen-bond donors (Lipinski definition) is 1. The molecule has 5 nitrogen and oxygen atoms in total. The molecule has 0 aromatic heterocycles. The van der Waals surface area contributed by atoms with Gasteiger partial charge < -0.3 is 9.84 Å². The highest BCUT2D eigenvalue weighted by Gasteiger charge is 2.69. The normalized spacial score (nSPS) is 45.8. The summed E-state index contributed by atoms with van der Waals surface area (Å²) in [6, 6.07) is 0. The van der Waals surface area contributed by atoms with Gasteiger partial charge in [-0.3, -0.25) is 14.4 Å². The Morgan fingerprint density at radius 1 is 1.35 bits per heavy atom. The first-order valence-corrected chi connectivity index (χ1v) is 5.66. The molecule has 1 N–H and O–H groups in total. The number of esters is 1. The summed E-state index contributed by atoms with van der Waals surface area (Å²) in [4.78, 5) is 34.6. The van der Waals surface area contributed by atoms with Crippen molar-refractivity contribution in [3.63, 3.8) is 0 Å². The Morgan fingerprint density at radius 3 is 2.65 bits per heavy atom. The summed E-state index contributed by atoms with van der Waals surface area (Å²) in [6.45, 7) is 3.42. The quantitative estimate of drug-likeness (QED) is 0.561. The number of carbonyl (C=O) groups is 3. The molecule has 1 aliphatic heterocycles. The first-order valence-electron chi connectivity index (χ1n) is 5.66. The Bertz CT molecular complexity index is 440. The Kier molecular flexibility index (Phi) is 1.97. The summed E-state index contributed by atoms with van der Waals surface area (Å²) in [6.07, 6.45) is 1.38. The minimum atomic E-state index is -0.998. The minimum Gasteiger partial charge on any atom is -0.481 e. The predicted molar refractivity (Wildman–Crippen MR) is 54.8 cm³/mol. The van der Waals surface area contributed by atoms with Crippen molar-refractivity contribution in [1.82, 2.24) is 0 Å². The van der Waals surface area contributed by atoms with E-state index < -0.39 is 35.8 Å². The highest BCUT2D eigenvalue weighted by Crippen LogP contribution is 2.60. The molecule has 3 fully saturated rings. The van der Waals surface area contributed by atoms with Gasteiger partial charge in [-0.25, -0.2) is 0 Å². The van der Waals surface area contributed by atoms with E-state index in [-0.39, 0.29) is 17.6 Å². The van der Waals surface area contributed by atoms with E-state index >= 15 is 0 Å². The van der Waals surface area contributed by atoms with Gasteiger partial charge in [0, 0.05) is 5.92 Å². The number of ether oxygens (including phenoxy) is 1. The summed E-state index contributed by atoms with van der Waals surface area (Å²) >= 11 is 0. The second-order valence-electron chi connectivity index (χ2n) is 4.99. The van der Waals surface area contributed by atoms with E-state index in [4.69, 9.17) is 4.74 Å². The zero-order valence-electron chi connectivity index (χ0n) is 9.04. The maximum Gasteiger partial charge on any atom is 0.310 e. The second-order valence-corrected chi connectivity index (χ2v) is 4.99. The smallest absolute Gasteiger partial charge is 0.310 e. The minimum absolute atomic E-state index is 0.0949. The van der Waals surface area contributed by atoms with E-state index in [0.29, 0.717) is 6.42 Å². The van der Waals surface area contributed by atoms with Crippen LogP contribution in [0.25, 0.3) is 0 Å². The molecular weight excluding hydrogens is 224 g/mol. The van der Waals surface area contributed by atoms with E-state index in [9.17, 15) is 19.5 Å². The van der Waals surface area contributed by atoms with E-state index in [2.05, 4.69) is 6.58 Å². The number of carboxylic acids is 1. The number of aliphatic carboxylic acids is 1. The van der Waals surface area contributed by atoms with Gasteiger partial charge in [-0.05, 0) is 18.4 Å². The zero-order valence-corrected chi connectivity index (χ0v) is 9.04. The van der Waals surface area contributed by atoms with Crippen molar-refractivity contribution < 1.29 is 24.2 Å². The van der Waals surface area contributed by atoms with E-state index in [1.807, 2.05) is 0 Å². The van der Waals surface area contributed by atoms with Crippen LogP contribution in [0.4, 0.5) is 0 Å². The molecule has 6 atom stereocenters. The van der Waals surface area contributed by atoms with Gasteiger partial charge in [0.05, 0.1) is 17.8 Å². The number of hydrogen-bond acceptors (Lipinski definition) is 4. The summed E-state index contributed by atoms with van der Waals surface area (Å²) in [5.41, 5.74) is 0. The molecule has 3 rings (SSSR count). The lowest BCUT2D eigenvalue weighted by Gasteiger charge is -2.27. The molecule has 0 radical (unpaired) electrons. The van der Waals surface area contributed by atoms with Crippen LogP contribution in [0, 0.1) is 29.6 Å². The fourth-order valence-corrected chi connectivity index (χ4v) is 3.90. The molecular formula is C12H12O5. The molecule has 0 aromatic rings. The number of ketones is 1. The number of allylic oxidation sites excluding steroid dienone is 1. The Morgan fingerprint density at radius 2 is 2.06 bits per heavy atom. The molecule has 1 saturated heterocycles. The molecule has 17 heavy (non-hydrogen) atoms. The molecule has 0 aromatic carbocycles. The van der Waals surface area contributed by atoms with Crippen LogP contribution in [0.3, 0.4) is 0 Å². The summed E-state index contributed by atoms with van der Waals surface area (Å²) in [7, 11) is 0. The molecule has 0 spiro atoms. The van der Waals surface area contributed by atoms with E-state index in [0.717, 1.165) is 0 Å². The van der Waals surface area contributed by atoms with Gasteiger partial charge in [-0.15, -0.1) is 0 Å². The standard InChI is InChI=1S/C12H12O5/c1-2-6(13)7-4-3-5-9(8(4)11(14)15)12(16)17-10(5)7/h2,4-5,7-10H,1,3H2,(H,14,15). The van der Waals surface area contributed by atoms with Gasteiger partial charge in [0.2, 0.25) is 0 Å². The van der Waals surface area contributed by atoms with Gasteiger partial charge in [-0.2, -0.15) is 0 Å². The summed E-state index contributed by atoms with van der Waals surface area (Å²) < 4.78 is 5.18. The summed E-state index contributed by atoms with van der Waals surface area (Å²) in [5.74, 6) is -3.83. The van der Waals surface area contributed by atoms with Crippen LogP contribution < -0.4 is 0 Å². The first kappa shape index (κ1) is 10.5. The van der Waals surface area contributed by atoms with Crippen LogP contribution in [-0.4, -0.2) is 28.9 Å². The number of carbonyl (C=O) groups excluding carboxylic acids is 2. The average Bonchev–Trinajstić information content (AvgIpc) is 2.86. The van der Waals surface area contributed by atoms with E-state index in [1.54, 1.807) is 0 Å². The Labute approximate surface area is 97.4 Å². The summed E-state index contributed by atoms with van der Waals surface area (Å²) in [5, 5.41) is 9.20. The van der Waals surface area contributed by atoms with Crippen molar-refractivity contribution in [2.24, 2.45) is 29.6 Å². The molecule has 0 amide bonds. The third-order valence-electron chi connectivity index (χ3n) is 4.43. The third kappa shape index (κ3) is 1.11. The molecule has 1 heterocycles. The van der Waals surface area contributed by atoms with Gasteiger partial charge in [-0.1, -0.05) is 6.58 Å². The van der Waals surface area contributed by atoms with Crippen LogP contribution in [0.2, 0.25) is 0 Å². The maximum absolute atomic E-state index is 11.8. The molecule has 90 valence electrons. The van der Waals surface area contributed by atoms with Gasteiger partial charge in [0.1, 0.15) is 6.10 Å². The molecule has 2 aliphatic carbocycles. The lowest BCUT2D eigenvalue weighted by atomic mass is 9.73. The second kappa shape index (κ2) is 3.18. The average molecular weight is 236 g/mol. The highest BCUT2D eigenvalue weighted by molar-refractivity contribution is 5.95. The highest BCUT2D eigenvalue weighted by atomic mass is 16.6. The lowest BCUT2D eigenvalue weighted by molar-refractivity contribution is -0.151. The number of carboxylic acid groups (broad SMARTS) is 1. The number of fused-ring (bicyclic) bond motifs is 1. The zero-order chi connectivity index (χ0) is 12.3.